The zero-order chi connectivity index (χ0) is 61.1. The molecule has 11 aromatic heterocycles. The second kappa shape index (κ2) is 23.3. The quantitative estimate of drug-likeness (QED) is 0.170. The van der Waals surface area contributed by atoms with Crippen LogP contribution in [0.4, 0.5) is 23.3 Å². The zero-order valence-electron chi connectivity index (χ0n) is 51.9. The van der Waals surface area contributed by atoms with E-state index in [9.17, 15) is 0 Å². The van der Waals surface area contributed by atoms with Crippen LogP contribution in [0.2, 0.25) is 27.3 Å². The number of pyridine rings is 7. The van der Waals surface area contributed by atoms with Gasteiger partial charge in [-0.25, -0.2) is 33.2 Å². The molecule has 432 valence electrons. The van der Waals surface area contributed by atoms with Gasteiger partial charge < -0.3 is 17.7 Å². The smallest absolute Gasteiger partial charge is 0.405 e. The van der Waals surface area contributed by atoms with Crippen molar-refractivity contribution in [3.63, 3.8) is 0 Å². The molecule has 4 aliphatic heterocycles. The first-order valence-corrected chi connectivity index (χ1v) is 30.0. The van der Waals surface area contributed by atoms with E-state index in [-0.39, 0.29) is 27.4 Å². The van der Waals surface area contributed by atoms with E-state index in [1.54, 1.807) is 18.6 Å². The molecule has 15 heterocycles. The Morgan fingerprint density at radius 2 is 0.830 bits per heavy atom. The van der Waals surface area contributed by atoms with Crippen molar-refractivity contribution in [1.82, 2.24) is 15.0 Å². The van der Waals surface area contributed by atoms with E-state index in [0.29, 0.717) is 17.1 Å². The zero-order valence-corrected chi connectivity index (χ0v) is 51.9. The molecule has 16 rings (SSSR count). The van der Waals surface area contributed by atoms with Crippen LogP contribution in [0.5, 0.6) is 0 Å². The first kappa shape index (κ1) is 57.0. The molecule has 0 spiro atoms. The molecule has 1 aromatic carbocycles. The van der Waals surface area contributed by atoms with Crippen molar-refractivity contribution in [3.05, 3.63) is 217 Å². The predicted molar refractivity (Wildman–Crippen MR) is 357 cm³/mol. The lowest BCUT2D eigenvalue weighted by molar-refractivity contribution is -0.658. The summed E-state index contributed by atoms with van der Waals surface area (Å²) in [6.45, 7) is 18.3. The van der Waals surface area contributed by atoms with Gasteiger partial charge in [0.2, 0.25) is 17.1 Å². The number of para-hydroxylation sites is 1. The molecule has 4 aliphatic rings. The molecule has 12 aromatic rings. The Balaban J connectivity index is 0.000000108. The first-order valence-electron chi connectivity index (χ1n) is 30.0. The fourth-order valence-corrected chi connectivity index (χ4v) is 12.2. The van der Waals surface area contributed by atoms with Crippen molar-refractivity contribution in [2.45, 2.75) is 55.0 Å². The molecule has 0 unspecified atom stereocenters. The highest BCUT2D eigenvalue weighted by molar-refractivity contribution is 6.78. The lowest BCUT2D eigenvalue weighted by atomic mass is 9.61. The average Bonchev–Trinajstić information content (AvgIpc) is 2.47. The van der Waals surface area contributed by atoms with Gasteiger partial charge in [0.15, 0.2) is 16.2 Å². The third kappa shape index (κ3) is 10.7. The second-order valence-corrected chi connectivity index (χ2v) is 23.5. The number of fused-ring (bicyclic) bond motifs is 12. The van der Waals surface area contributed by atoms with Gasteiger partial charge in [-0.3, -0.25) is 19.2 Å². The van der Waals surface area contributed by atoms with E-state index >= 15 is 0 Å². The molecule has 0 radical (unpaired) electrons. The lowest BCUT2D eigenvalue weighted by Gasteiger charge is -2.19. The predicted octanol–water partition coefficient (Wildman–Crippen LogP) is 5.24. The van der Waals surface area contributed by atoms with Crippen molar-refractivity contribution < 1.29 is 35.9 Å². The number of anilines is 4. The van der Waals surface area contributed by atoms with Gasteiger partial charge >= 0.3 is 27.4 Å². The number of rotatable bonds is 4. The van der Waals surface area contributed by atoms with Gasteiger partial charge in [-0.1, -0.05) is 42.2 Å². The average molecular weight is 1160 g/mol. The van der Waals surface area contributed by atoms with Gasteiger partial charge in [-0.15, -0.1) is 0 Å². The molecule has 0 atom stereocenters. The van der Waals surface area contributed by atoms with E-state index in [4.69, 9.17) is 17.7 Å². The molecule has 0 N–H and O–H groups in total. The van der Waals surface area contributed by atoms with Crippen LogP contribution in [0.3, 0.4) is 0 Å². The summed E-state index contributed by atoms with van der Waals surface area (Å²) in [7, 11) is 8.28. The number of aryl methyl sites for hydroxylation is 8. The van der Waals surface area contributed by atoms with Crippen LogP contribution in [0.1, 0.15) is 22.3 Å². The highest BCUT2D eigenvalue weighted by atomic mass is 16.3. The summed E-state index contributed by atoms with van der Waals surface area (Å²) >= 11 is 0. The molecule has 88 heavy (non-hydrogen) atoms. The van der Waals surface area contributed by atoms with E-state index in [2.05, 4.69) is 263 Å². The minimum absolute atomic E-state index is 0.247. The minimum atomic E-state index is 0.247. The molecule has 0 bridgehead atoms. The Morgan fingerprint density at radius 3 is 1.39 bits per heavy atom. The van der Waals surface area contributed by atoms with Crippen LogP contribution in [-0.4, -0.2) is 42.3 Å². The van der Waals surface area contributed by atoms with Crippen LogP contribution in [0.15, 0.2) is 170 Å². The Bertz CT molecular complexity index is 5280. The molecule has 0 aliphatic carbocycles. The fourth-order valence-electron chi connectivity index (χ4n) is 12.2. The van der Waals surface area contributed by atoms with Crippen molar-refractivity contribution in [2.75, 3.05) is 19.2 Å². The first-order chi connectivity index (χ1) is 42.5. The van der Waals surface area contributed by atoms with Gasteiger partial charge in [0.25, 0.3) is 23.3 Å². The van der Waals surface area contributed by atoms with Crippen molar-refractivity contribution >= 4 is 144 Å². The van der Waals surface area contributed by atoms with Crippen molar-refractivity contribution in [3.8, 4) is 0 Å². The molecular formula is C69H69B4N11O4+4. The summed E-state index contributed by atoms with van der Waals surface area (Å²) in [5, 5.41) is 8.98. The minimum Gasteiger partial charge on any atom is -0.457 e. The van der Waals surface area contributed by atoms with Crippen LogP contribution < -0.4 is 80.0 Å². The fraction of sp³-hybridized carbons (Fsp3) is 0.174. The number of furan rings is 4. The van der Waals surface area contributed by atoms with Gasteiger partial charge in [0.1, 0.15) is 29.6 Å². The van der Waals surface area contributed by atoms with Crippen LogP contribution in [0, 0.1) is 27.7 Å². The van der Waals surface area contributed by atoms with Crippen LogP contribution >= 0.6 is 0 Å². The SMILES string of the molecule is CB1C=c2c(oc3ncccc23)=CN1c1cc(C)cc[n+]1C.CB1C=c2c(oc3ncccc23)=CN1c1ccc(C)c[n+]1C.CB1C=c2c(oc3ncccc23)=CN1c1cccc[n+]1C.CB1C=c2oc3ccccc3c2=CN1c1cc(C)c(C)c[n+]1C. The number of benzene rings is 1. The Kier molecular flexibility index (Phi) is 15.1. The molecule has 0 amide bonds. The normalized spacial score (nSPS) is 13.8. The van der Waals surface area contributed by atoms with Crippen molar-refractivity contribution in [1.29, 1.82) is 0 Å². The van der Waals surface area contributed by atoms with E-state index < -0.39 is 0 Å². The number of nitrogens with zero attached hydrogens (tertiary/aromatic N) is 11. The topological polar surface area (TPSA) is 120 Å². The van der Waals surface area contributed by atoms with Crippen LogP contribution in [-0.2, 0) is 28.2 Å². The van der Waals surface area contributed by atoms with Gasteiger partial charge in [0.05, 0.1) is 64.4 Å². The molecule has 0 saturated heterocycles. The number of aromatic nitrogens is 7. The summed E-state index contributed by atoms with van der Waals surface area (Å²) in [6, 6.07) is 37.2. The lowest BCUT2D eigenvalue weighted by Crippen LogP contribution is -2.47. The van der Waals surface area contributed by atoms with E-state index in [1.165, 1.54) is 33.5 Å². The number of hydrogen-bond acceptors (Lipinski definition) is 11. The highest BCUT2D eigenvalue weighted by Gasteiger charge is 2.33. The second-order valence-electron chi connectivity index (χ2n) is 23.5. The van der Waals surface area contributed by atoms with Gasteiger partial charge in [0, 0.05) is 80.1 Å². The third-order valence-corrected chi connectivity index (χ3v) is 17.0. The highest BCUT2D eigenvalue weighted by Crippen LogP contribution is 2.21. The summed E-state index contributed by atoms with van der Waals surface area (Å²) in [4.78, 5) is 21.9. The Labute approximate surface area is 511 Å². The molecule has 19 heteroatoms. The van der Waals surface area contributed by atoms with Gasteiger partial charge in [-0.05, 0) is 144 Å². The monoisotopic (exact) mass is 1160 g/mol. The summed E-state index contributed by atoms with van der Waals surface area (Å²) in [6.07, 6.45) is 22.2. The molecule has 0 fully saturated rings. The summed E-state index contributed by atoms with van der Waals surface area (Å²) in [5.41, 5.74) is 11.7. The van der Waals surface area contributed by atoms with Crippen LogP contribution in [0.25, 0.3) is 93.0 Å². The third-order valence-electron chi connectivity index (χ3n) is 17.0. The maximum absolute atomic E-state index is 6.00. The Hall–Kier alpha value is -10.2. The standard InChI is InChI=1S/C19H20BN2O.2C17H17BN3O.C16H15BN3O/c1-13-9-19(21(4)11-14(13)2)22-12-16-15-7-5-6-8-17(15)23-18(16)10-20(22)3;1-12-6-7-16(20(3)10-12)21-11-15-14(9-18(21)2)13-5-4-8-19-17(13)22-15;1-12-6-8-20(3)16(9-12)21-11-15-14(10-18(21)2)13-5-4-7-19-17(13)22-15;1-17-10-13-12-6-5-8-18-16(12)21-14(13)11-20(17)15-7-3-4-9-19(15)2/h5-12H,1-4H3;2*4-11H,1-3H3;3-11H,1-2H3/q4*+1. The Morgan fingerprint density at radius 1 is 0.364 bits per heavy atom. The van der Waals surface area contributed by atoms with Gasteiger partial charge in [-0.2, -0.15) is 0 Å². The van der Waals surface area contributed by atoms with Crippen molar-refractivity contribution in [2.24, 2.45) is 28.2 Å². The largest absolute Gasteiger partial charge is 0.457 e. The molecule has 0 saturated carbocycles. The summed E-state index contributed by atoms with van der Waals surface area (Å²) in [5.74, 6) is 13.5. The molecular weight excluding hydrogens is 1090 g/mol. The maximum Gasteiger partial charge on any atom is 0.405 e. The summed E-state index contributed by atoms with van der Waals surface area (Å²) < 4.78 is 32.3. The molecule has 15 nitrogen and oxygen atoms in total. The van der Waals surface area contributed by atoms with E-state index in [1.807, 2.05) is 55.7 Å². The van der Waals surface area contributed by atoms with E-state index in [0.717, 1.165) is 81.7 Å². The number of hydrogen-bond donors (Lipinski definition) is 0. The maximum atomic E-state index is 6.00.